The van der Waals surface area contributed by atoms with E-state index in [1.807, 2.05) is 26.1 Å². The fourth-order valence-electron chi connectivity index (χ4n) is 0.659. The van der Waals surface area contributed by atoms with E-state index < -0.39 is 0 Å². The minimum absolute atomic E-state index is 0.489. The highest BCUT2D eigenvalue weighted by Gasteiger charge is 1.98. The third-order valence-corrected chi connectivity index (χ3v) is 1.17. The van der Waals surface area contributed by atoms with Gasteiger partial charge >= 0.3 is 0 Å². The average Bonchev–Trinajstić information content (AvgIpc) is 1.87. The Balaban J connectivity index is 4.11. The normalized spacial score (nSPS) is 13.1. The van der Waals surface area contributed by atoms with E-state index in [1.165, 1.54) is 0 Å². The van der Waals surface area contributed by atoms with Crippen molar-refractivity contribution in [1.82, 2.24) is 5.43 Å². The van der Waals surface area contributed by atoms with Gasteiger partial charge in [0.2, 0.25) is 0 Å². The Bertz CT molecular complexity index is 134. The largest absolute Gasteiger partial charge is 0.313 e. The Morgan fingerprint density at radius 3 is 2.40 bits per heavy atom. The van der Waals surface area contributed by atoms with E-state index in [-0.39, 0.29) is 0 Å². The summed E-state index contributed by atoms with van der Waals surface area (Å²) in [6.07, 6.45) is 4.01. The maximum atomic E-state index is 4.09. The molecule has 0 bridgehead atoms. The number of hydrogen-bond donors (Lipinski definition) is 1. The number of hydrazone groups is 1. The van der Waals surface area contributed by atoms with E-state index in [2.05, 4.69) is 24.4 Å². The molecule has 0 aromatic rings. The molecule has 0 aliphatic carbocycles. The van der Waals surface area contributed by atoms with Crippen LogP contribution in [-0.4, -0.2) is 12.8 Å². The Hall–Kier alpha value is -0.790. The quantitative estimate of drug-likeness (QED) is 0.469. The topological polar surface area (TPSA) is 24.4 Å². The van der Waals surface area contributed by atoms with Crippen LogP contribution in [0.25, 0.3) is 0 Å². The van der Waals surface area contributed by atoms with E-state index >= 15 is 0 Å². The second kappa shape index (κ2) is 5.03. The van der Waals surface area contributed by atoms with Gasteiger partial charge < -0.3 is 5.43 Å². The van der Waals surface area contributed by atoms with Gasteiger partial charge in [0.15, 0.2) is 0 Å². The molecule has 0 aromatic carbocycles. The molecule has 2 heteroatoms. The maximum Gasteiger partial charge on any atom is 0.0624 e. The summed E-state index contributed by atoms with van der Waals surface area (Å²) in [5.41, 5.74) is 3.86. The molecule has 0 aromatic heterocycles. The molecule has 0 spiro atoms. The predicted octanol–water partition coefficient (Wildman–Crippen LogP) is 1.79. The molecule has 58 valence electrons. The van der Waals surface area contributed by atoms with Crippen LogP contribution in [-0.2, 0) is 0 Å². The standard InChI is InChI=1S/C8H16N2/c1-5-6-8(7(2)3)10-9-4/h5-7,9H,1-4H3/b6-5-,10-8+. The third-order valence-electron chi connectivity index (χ3n) is 1.17. The van der Waals surface area contributed by atoms with Gasteiger partial charge in [0.05, 0.1) is 5.71 Å². The third kappa shape index (κ3) is 3.28. The highest BCUT2D eigenvalue weighted by Crippen LogP contribution is 1.97. The Kier molecular flexibility index (Phi) is 4.63. The number of hydrogen-bond acceptors (Lipinski definition) is 2. The lowest BCUT2D eigenvalue weighted by Crippen LogP contribution is -2.09. The first-order chi connectivity index (χ1) is 4.72. The second-order valence-electron chi connectivity index (χ2n) is 2.41. The highest BCUT2D eigenvalue weighted by atomic mass is 15.3. The predicted molar refractivity (Wildman–Crippen MR) is 46.1 cm³/mol. The van der Waals surface area contributed by atoms with Gasteiger partial charge in [-0.15, -0.1) is 0 Å². The lowest BCUT2D eigenvalue weighted by Gasteiger charge is -2.03. The number of rotatable bonds is 3. The van der Waals surface area contributed by atoms with Crippen LogP contribution in [0.3, 0.4) is 0 Å². The Morgan fingerprint density at radius 2 is 2.10 bits per heavy atom. The maximum absolute atomic E-state index is 4.09. The summed E-state index contributed by atoms with van der Waals surface area (Å²) in [5, 5.41) is 4.09. The zero-order valence-corrected chi connectivity index (χ0v) is 7.18. The first kappa shape index (κ1) is 9.21. The van der Waals surface area contributed by atoms with Crippen LogP contribution in [0.1, 0.15) is 20.8 Å². The smallest absolute Gasteiger partial charge is 0.0624 e. The first-order valence-electron chi connectivity index (χ1n) is 3.59. The van der Waals surface area contributed by atoms with Gasteiger partial charge in [-0.25, -0.2) is 0 Å². The number of allylic oxidation sites excluding steroid dienone is 2. The van der Waals surface area contributed by atoms with Gasteiger partial charge in [-0.1, -0.05) is 19.9 Å². The summed E-state index contributed by atoms with van der Waals surface area (Å²) in [6, 6.07) is 0. The molecular weight excluding hydrogens is 124 g/mol. The summed E-state index contributed by atoms with van der Waals surface area (Å²) in [4.78, 5) is 0. The van der Waals surface area contributed by atoms with Crippen molar-refractivity contribution < 1.29 is 0 Å². The van der Waals surface area contributed by atoms with E-state index in [0.717, 1.165) is 5.71 Å². The van der Waals surface area contributed by atoms with Crippen LogP contribution in [0.2, 0.25) is 0 Å². The second-order valence-corrected chi connectivity index (χ2v) is 2.41. The Morgan fingerprint density at radius 1 is 1.50 bits per heavy atom. The molecule has 1 N–H and O–H groups in total. The molecule has 0 amide bonds. The van der Waals surface area contributed by atoms with Crippen LogP contribution in [0, 0.1) is 5.92 Å². The van der Waals surface area contributed by atoms with Crippen LogP contribution < -0.4 is 5.43 Å². The zero-order valence-electron chi connectivity index (χ0n) is 7.18. The van der Waals surface area contributed by atoms with Crippen molar-refractivity contribution in [3.63, 3.8) is 0 Å². The van der Waals surface area contributed by atoms with Crippen LogP contribution in [0.15, 0.2) is 17.3 Å². The van der Waals surface area contributed by atoms with E-state index in [9.17, 15) is 0 Å². The molecule has 0 radical (unpaired) electrons. The molecule has 0 heterocycles. The van der Waals surface area contributed by atoms with E-state index in [1.54, 1.807) is 0 Å². The Labute approximate surface area is 63.0 Å². The van der Waals surface area contributed by atoms with Gasteiger partial charge in [-0.3, -0.25) is 0 Å². The molecule has 0 atom stereocenters. The van der Waals surface area contributed by atoms with Crippen molar-refractivity contribution in [2.45, 2.75) is 20.8 Å². The molecule has 2 nitrogen and oxygen atoms in total. The number of nitrogens with one attached hydrogen (secondary N) is 1. The highest BCUT2D eigenvalue weighted by molar-refractivity contribution is 5.96. The van der Waals surface area contributed by atoms with Crippen molar-refractivity contribution in [3.05, 3.63) is 12.2 Å². The lowest BCUT2D eigenvalue weighted by molar-refractivity contribution is 0.831. The van der Waals surface area contributed by atoms with Gasteiger partial charge in [0.25, 0.3) is 0 Å². The summed E-state index contributed by atoms with van der Waals surface area (Å²) in [7, 11) is 1.81. The van der Waals surface area contributed by atoms with Crippen LogP contribution >= 0.6 is 0 Å². The van der Waals surface area contributed by atoms with Gasteiger partial charge in [0, 0.05) is 7.05 Å². The lowest BCUT2D eigenvalue weighted by atomic mass is 10.1. The molecular formula is C8H16N2. The van der Waals surface area contributed by atoms with E-state index in [4.69, 9.17) is 0 Å². The minimum atomic E-state index is 0.489. The summed E-state index contributed by atoms with van der Waals surface area (Å²) in [6.45, 7) is 6.24. The molecule has 0 rings (SSSR count). The molecule has 0 aliphatic rings. The van der Waals surface area contributed by atoms with Crippen molar-refractivity contribution in [1.29, 1.82) is 0 Å². The summed E-state index contributed by atoms with van der Waals surface area (Å²) >= 11 is 0. The molecule has 10 heavy (non-hydrogen) atoms. The molecule has 0 fully saturated rings. The fraction of sp³-hybridized carbons (Fsp3) is 0.625. The monoisotopic (exact) mass is 140 g/mol. The van der Waals surface area contributed by atoms with Crippen LogP contribution in [0.4, 0.5) is 0 Å². The molecule has 0 saturated heterocycles. The van der Waals surface area contributed by atoms with Gasteiger partial charge in [-0.2, -0.15) is 5.10 Å². The zero-order chi connectivity index (χ0) is 7.98. The van der Waals surface area contributed by atoms with Crippen molar-refractivity contribution in [2.75, 3.05) is 7.05 Å². The summed E-state index contributed by atoms with van der Waals surface area (Å²) < 4.78 is 0. The van der Waals surface area contributed by atoms with Crippen molar-refractivity contribution in [3.8, 4) is 0 Å². The first-order valence-corrected chi connectivity index (χ1v) is 3.59. The average molecular weight is 140 g/mol. The molecule has 0 saturated carbocycles. The minimum Gasteiger partial charge on any atom is -0.313 e. The molecule has 0 aliphatic heterocycles. The van der Waals surface area contributed by atoms with Crippen molar-refractivity contribution >= 4 is 5.71 Å². The number of nitrogens with zero attached hydrogens (tertiary/aromatic N) is 1. The van der Waals surface area contributed by atoms with Gasteiger partial charge in [-0.05, 0) is 18.9 Å². The van der Waals surface area contributed by atoms with Crippen LogP contribution in [0.5, 0.6) is 0 Å². The van der Waals surface area contributed by atoms with Gasteiger partial charge in [0.1, 0.15) is 0 Å². The summed E-state index contributed by atoms with van der Waals surface area (Å²) in [5.74, 6) is 0.489. The SMILES string of the molecule is C/C=C\C(=N/NC)C(C)C. The van der Waals surface area contributed by atoms with E-state index in [0.29, 0.717) is 5.92 Å². The van der Waals surface area contributed by atoms with Crippen molar-refractivity contribution in [2.24, 2.45) is 11.0 Å². The fourth-order valence-corrected chi connectivity index (χ4v) is 0.659. The molecule has 0 unspecified atom stereocenters.